The first-order valence-corrected chi connectivity index (χ1v) is 12.2. The molecule has 1 unspecified atom stereocenters. The third-order valence-corrected chi connectivity index (χ3v) is 6.14. The van der Waals surface area contributed by atoms with E-state index in [4.69, 9.17) is 28.8 Å². The van der Waals surface area contributed by atoms with E-state index in [1.807, 2.05) is 24.3 Å². The molecular formula is C24H31ClN10. The summed E-state index contributed by atoms with van der Waals surface area (Å²) in [7, 11) is 0. The van der Waals surface area contributed by atoms with E-state index in [9.17, 15) is 0 Å². The Labute approximate surface area is 209 Å². The van der Waals surface area contributed by atoms with Crippen LogP contribution in [0, 0.1) is 0 Å². The van der Waals surface area contributed by atoms with Gasteiger partial charge >= 0.3 is 0 Å². The lowest BCUT2D eigenvalue weighted by Crippen LogP contribution is -2.22. The average Bonchev–Trinajstić information content (AvgIpc) is 3.28. The number of aromatic amines is 1. The number of hydrogen-bond acceptors (Lipinski definition) is 9. The number of rotatable bonds is 6. The number of nitrogens with two attached hydrogens (primary N) is 3. The third kappa shape index (κ3) is 6.62. The summed E-state index contributed by atoms with van der Waals surface area (Å²) in [6.45, 7) is 0.508. The number of fused-ring (bicyclic) bond motifs is 1. The molecule has 1 aliphatic carbocycles. The van der Waals surface area contributed by atoms with Gasteiger partial charge in [0.2, 0.25) is 11.9 Å². The number of anilines is 2. The number of nitrogens with zero attached hydrogens (tertiary/aromatic N) is 5. The van der Waals surface area contributed by atoms with Crippen molar-refractivity contribution in [2.45, 2.75) is 50.6 Å². The fourth-order valence-corrected chi connectivity index (χ4v) is 4.28. The molecule has 0 amide bonds. The van der Waals surface area contributed by atoms with Crippen molar-refractivity contribution in [3.63, 3.8) is 0 Å². The monoisotopic (exact) mass is 494 g/mol. The Bertz CT molecular complexity index is 1240. The molecule has 0 aliphatic heterocycles. The van der Waals surface area contributed by atoms with Gasteiger partial charge in [-0.25, -0.2) is 15.0 Å². The topological polar surface area (TPSA) is 170 Å². The van der Waals surface area contributed by atoms with Crippen molar-refractivity contribution in [2.75, 3.05) is 17.6 Å². The van der Waals surface area contributed by atoms with Gasteiger partial charge in [-0.2, -0.15) is 10.1 Å². The minimum atomic E-state index is -0.0689. The Morgan fingerprint density at radius 3 is 2.66 bits per heavy atom. The van der Waals surface area contributed by atoms with Crippen molar-refractivity contribution >= 4 is 34.5 Å². The van der Waals surface area contributed by atoms with Crippen molar-refractivity contribution in [1.29, 1.82) is 0 Å². The number of H-pyrrole nitrogens is 1. The maximum atomic E-state index is 6.13. The number of aromatic nitrogens is 6. The normalized spacial score (nSPS) is 14.8. The van der Waals surface area contributed by atoms with Crippen LogP contribution in [0.1, 0.15) is 50.1 Å². The Balaban J connectivity index is 0.000000356. The average molecular weight is 495 g/mol. The van der Waals surface area contributed by atoms with E-state index in [1.54, 1.807) is 18.5 Å². The van der Waals surface area contributed by atoms with Gasteiger partial charge in [-0.05, 0) is 49.6 Å². The first-order valence-electron chi connectivity index (χ1n) is 11.8. The van der Waals surface area contributed by atoms with Crippen LogP contribution < -0.4 is 22.5 Å². The van der Waals surface area contributed by atoms with E-state index in [1.165, 1.54) is 32.1 Å². The highest BCUT2D eigenvalue weighted by Crippen LogP contribution is 2.26. The molecule has 5 rings (SSSR count). The van der Waals surface area contributed by atoms with Crippen LogP contribution in [-0.2, 0) is 0 Å². The molecule has 0 radical (unpaired) electrons. The van der Waals surface area contributed by atoms with Gasteiger partial charge in [0.25, 0.3) is 0 Å². The second-order valence-corrected chi connectivity index (χ2v) is 8.99. The van der Waals surface area contributed by atoms with E-state index in [0.29, 0.717) is 47.0 Å². The van der Waals surface area contributed by atoms with Crippen LogP contribution >= 0.6 is 11.6 Å². The highest BCUT2D eigenvalue weighted by molar-refractivity contribution is 6.30. The summed E-state index contributed by atoms with van der Waals surface area (Å²) >= 11 is 6.13. The molecular weight excluding hydrogens is 464 g/mol. The van der Waals surface area contributed by atoms with Gasteiger partial charge in [0.15, 0.2) is 5.65 Å². The molecule has 1 fully saturated rings. The van der Waals surface area contributed by atoms with Gasteiger partial charge in [0.05, 0.1) is 22.8 Å². The molecule has 0 bridgehead atoms. The zero-order valence-electron chi connectivity index (χ0n) is 19.5. The number of halogens is 1. The number of benzene rings is 1. The van der Waals surface area contributed by atoms with Crippen LogP contribution in [0.5, 0.6) is 0 Å². The largest absolute Gasteiger partial charge is 0.368 e. The molecule has 11 heteroatoms. The van der Waals surface area contributed by atoms with Crippen molar-refractivity contribution in [3.05, 3.63) is 53.3 Å². The second kappa shape index (κ2) is 11.9. The summed E-state index contributed by atoms with van der Waals surface area (Å²) in [5.41, 5.74) is 19.9. The Hall–Kier alpha value is -3.34. The third-order valence-electron chi connectivity index (χ3n) is 5.90. The molecule has 3 aromatic heterocycles. The van der Waals surface area contributed by atoms with Crippen molar-refractivity contribution in [1.82, 2.24) is 30.1 Å². The smallest absolute Gasteiger partial charge is 0.223 e. The molecule has 1 aliphatic rings. The van der Waals surface area contributed by atoms with Crippen LogP contribution in [0.15, 0.2) is 42.7 Å². The van der Waals surface area contributed by atoms with Gasteiger partial charge in [-0.3, -0.25) is 5.10 Å². The SMILES string of the molecule is NC1CCCCC1.NCCC(Nc1nccc(-c2[nH]nc3nc(N)ncc23)n1)c1cccc(Cl)c1. The molecule has 0 spiro atoms. The molecule has 0 saturated heterocycles. The van der Waals surface area contributed by atoms with Crippen LogP contribution in [0.4, 0.5) is 11.9 Å². The maximum absolute atomic E-state index is 6.13. The van der Waals surface area contributed by atoms with E-state index in [0.717, 1.165) is 10.9 Å². The van der Waals surface area contributed by atoms with E-state index in [2.05, 4.69) is 35.5 Å². The quantitative estimate of drug-likeness (QED) is 0.267. The van der Waals surface area contributed by atoms with Gasteiger partial charge in [0.1, 0.15) is 0 Å². The molecule has 10 nitrogen and oxygen atoms in total. The molecule has 35 heavy (non-hydrogen) atoms. The highest BCUT2D eigenvalue weighted by Gasteiger charge is 2.15. The standard InChI is InChI=1S/C18H18ClN9.C6H13N/c19-11-3-1-2-10(8-11)13(4-6-20)24-18-22-7-5-14(25-18)15-12-9-23-17(21)26-16(12)28-27-15;7-6-4-2-1-3-5-6/h1-3,5,7-9,13H,4,6,20H2,(H,22,24,25)(H3,21,23,26,27,28);6H,1-5,7H2. The molecule has 1 aromatic carbocycles. The maximum Gasteiger partial charge on any atom is 0.223 e. The van der Waals surface area contributed by atoms with Crippen molar-refractivity contribution < 1.29 is 0 Å². The van der Waals surface area contributed by atoms with Gasteiger partial charge < -0.3 is 22.5 Å². The van der Waals surface area contributed by atoms with Crippen LogP contribution in [0.2, 0.25) is 5.02 Å². The lowest BCUT2D eigenvalue weighted by atomic mass is 9.97. The molecule has 184 valence electrons. The zero-order chi connectivity index (χ0) is 24.6. The van der Waals surface area contributed by atoms with Crippen molar-refractivity contribution in [2.24, 2.45) is 11.5 Å². The number of nitrogens with one attached hydrogen (secondary N) is 2. The highest BCUT2D eigenvalue weighted by atomic mass is 35.5. The predicted octanol–water partition coefficient (Wildman–Crippen LogP) is 3.83. The van der Waals surface area contributed by atoms with Gasteiger partial charge in [-0.1, -0.05) is 43.0 Å². The molecule has 3 heterocycles. The number of nitrogen functional groups attached to an aromatic ring is 1. The van der Waals surface area contributed by atoms with E-state index >= 15 is 0 Å². The minimum Gasteiger partial charge on any atom is -0.368 e. The molecule has 4 aromatic rings. The molecule has 1 saturated carbocycles. The lowest BCUT2D eigenvalue weighted by Gasteiger charge is -2.19. The summed E-state index contributed by atoms with van der Waals surface area (Å²) < 4.78 is 0. The van der Waals surface area contributed by atoms with Crippen LogP contribution in [0.25, 0.3) is 22.4 Å². The Morgan fingerprint density at radius 1 is 1.11 bits per heavy atom. The fraction of sp³-hybridized carbons (Fsp3) is 0.375. The molecule has 8 N–H and O–H groups in total. The second-order valence-electron chi connectivity index (χ2n) is 8.56. The Morgan fingerprint density at radius 2 is 1.94 bits per heavy atom. The summed E-state index contributed by atoms with van der Waals surface area (Å²) in [4.78, 5) is 17.1. The van der Waals surface area contributed by atoms with E-state index in [-0.39, 0.29) is 12.0 Å². The first kappa shape index (κ1) is 24.8. The Kier molecular flexibility index (Phi) is 8.40. The van der Waals surface area contributed by atoms with E-state index < -0.39 is 0 Å². The van der Waals surface area contributed by atoms with Gasteiger partial charge in [0, 0.05) is 23.5 Å². The van der Waals surface area contributed by atoms with Gasteiger partial charge in [-0.15, -0.1) is 0 Å². The fourth-order valence-electron chi connectivity index (χ4n) is 4.08. The summed E-state index contributed by atoms with van der Waals surface area (Å²) in [6, 6.07) is 9.89. The van der Waals surface area contributed by atoms with Crippen molar-refractivity contribution in [3.8, 4) is 11.4 Å². The lowest BCUT2D eigenvalue weighted by molar-refractivity contribution is 0.441. The molecule has 1 atom stereocenters. The zero-order valence-corrected chi connectivity index (χ0v) is 20.2. The summed E-state index contributed by atoms with van der Waals surface area (Å²) in [6.07, 6.45) is 10.7. The summed E-state index contributed by atoms with van der Waals surface area (Å²) in [5, 5.41) is 11.8. The minimum absolute atomic E-state index is 0.0689. The summed E-state index contributed by atoms with van der Waals surface area (Å²) in [5.74, 6) is 0.636. The predicted molar refractivity (Wildman–Crippen MR) is 140 cm³/mol. The van der Waals surface area contributed by atoms with Crippen LogP contribution in [-0.4, -0.2) is 42.7 Å². The first-order chi connectivity index (χ1) is 17.0. The van der Waals surface area contributed by atoms with Crippen LogP contribution in [0.3, 0.4) is 0 Å². The number of hydrogen-bond donors (Lipinski definition) is 5.